The average Bonchev–Trinajstić information content (AvgIpc) is 2.80. The van der Waals surface area contributed by atoms with Gasteiger partial charge in [0.15, 0.2) is 5.69 Å². The first kappa shape index (κ1) is 15.0. The highest BCUT2D eigenvalue weighted by Crippen LogP contribution is 2.23. The van der Waals surface area contributed by atoms with E-state index in [9.17, 15) is 13.2 Å². The van der Waals surface area contributed by atoms with Gasteiger partial charge in [0, 0.05) is 14.1 Å². The Morgan fingerprint density at radius 2 is 1.90 bits per heavy atom. The number of benzene rings is 1. The van der Waals surface area contributed by atoms with E-state index in [1.807, 2.05) is 0 Å². The monoisotopic (exact) mass is 309 g/mol. The second-order valence-corrected chi connectivity index (χ2v) is 6.62. The molecule has 2 aromatic rings. The number of hydrogen-bond donors (Lipinski definition) is 2. The molecule has 0 fully saturated rings. The maximum Gasteiger partial charge on any atom is 0.271 e. The van der Waals surface area contributed by atoms with E-state index in [0.29, 0.717) is 0 Å². The lowest BCUT2D eigenvalue weighted by Gasteiger charge is -2.14. The molecule has 0 saturated heterocycles. The maximum absolute atomic E-state index is 12.3. The van der Waals surface area contributed by atoms with Crippen LogP contribution in [0.1, 0.15) is 10.5 Å². The Hall–Kier alpha value is -2.39. The molecule has 0 radical (unpaired) electrons. The molecular formula is C12H15N5O3S. The number of carbonyl (C=O) groups is 1. The van der Waals surface area contributed by atoms with Gasteiger partial charge in [-0.05, 0) is 12.1 Å². The van der Waals surface area contributed by atoms with Crippen molar-refractivity contribution in [1.82, 2.24) is 14.1 Å². The summed E-state index contributed by atoms with van der Waals surface area (Å²) in [6, 6.07) is 6.27. The molecule has 9 heteroatoms. The van der Waals surface area contributed by atoms with Crippen molar-refractivity contribution in [1.29, 1.82) is 0 Å². The molecule has 1 heterocycles. The van der Waals surface area contributed by atoms with Crippen molar-refractivity contribution in [3.05, 3.63) is 36.2 Å². The van der Waals surface area contributed by atoms with Gasteiger partial charge in [-0.25, -0.2) is 17.4 Å². The molecule has 0 bridgehead atoms. The Morgan fingerprint density at radius 3 is 2.43 bits per heavy atom. The van der Waals surface area contributed by atoms with E-state index in [0.717, 1.165) is 4.31 Å². The lowest BCUT2D eigenvalue weighted by Crippen LogP contribution is -2.23. The molecule has 1 aromatic heterocycles. The van der Waals surface area contributed by atoms with Crippen molar-refractivity contribution in [2.45, 2.75) is 4.90 Å². The summed E-state index contributed by atoms with van der Waals surface area (Å²) < 4.78 is 26.9. The van der Waals surface area contributed by atoms with Crippen molar-refractivity contribution >= 4 is 21.6 Å². The molecule has 0 spiro atoms. The summed E-state index contributed by atoms with van der Waals surface area (Å²) in [6.45, 7) is 0. The molecule has 0 atom stereocenters. The summed E-state index contributed by atoms with van der Waals surface area (Å²) in [5, 5.41) is 3.95. The minimum Gasteiger partial charge on any atom is -0.396 e. The molecule has 0 aliphatic heterocycles. The predicted octanol–water partition coefficient (Wildman–Crippen LogP) is -0.196. The number of primary amides is 1. The molecule has 112 valence electrons. The molecule has 0 aliphatic rings. The Kier molecular flexibility index (Phi) is 3.71. The number of nitrogen functional groups attached to an aromatic ring is 1. The second kappa shape index (κ2) is 5.19. The van der Waals surface area contributed by atoms with Gasteiger partial charge in [-0.2, -0.15) is 5.10 Å². The van der Waals surface area contributed by atoms with Crippen LogP contribution in [0.5, 0.6) is 0 Å². The number of amides is 1. The highest BCUT2D eigenvalue weighted by molar-refractivity contribution is 7.89. The van der Waals surface area contributed by atoms with Crippen LogP contribution in [-0.4, -0.2) is 42.5 Å². The Labute approximate surface area is 122 Å². The van der Waals surface area contributed by atoms with Gasteiger partial charge in [-0.15, -0.1) is 0 Å². The highest BCUT2D eigenvalue weighted by Gasteiger charge is 2.23. The zero-order valence-electron chi connectivity index (χ0n) is 11.5. The SMILES string of the molecule is CN(C)S(=O)(=O)c1ccccc1-n1cc(N)c(C(N)=O)n1. The van der Waals surface area contributed by atoms with Gasteiger partial charge in [0.2, 0.25) is 10.0 Å². The molecular weight excluding hydrogens is 294 g/mol. The number of sulfonamides is 1. The molecule has 0 unspecified atom stereocenters. The zero-order chi connectivity index (χ0) is 15.8. The Balaban J connectivity index is 2.67. The first-order chi connectivity index (χ1) is 9.75. The van der Waals surface area contributed by atoms with Gasteiger partial charge in [0.05, 0.1) is 17.6 Å². The van der Waals surface area contributed by atoms with Crippen LogP contribution in [0.25, 0.3) is 5.69 Å². The molecule has 2 rings (SSSR count). The number of nitrogens with two attached hydrogens (primary N) is 2. The summed E-state index contributed by atoms with van der Waals surface area (Å²) in [4.78, 5) is 11.2. The summed E-state index contributed by atoms with van der Waals surface area (Å²) >= 11 is 0. The second-order valence-electron chi connectivity index (χ2n) is 4.50. The normalized spacial score (nSPS) is 11.8. The fraction of sp³-hybridized carbons (Fsp3) is 0.167. The maximum atomic E-state index is 12.3. The Bertz CT molecular complexity index is 795. The first-order valence-electron chi connectivity index (χ1n) is 5.92. The predicted molar refractivity (Wildman–Crippen MR) is 77.4 cm³/mol. The number of rotatable bonds is 4. The topological polar surface area (TPSA) is 124 Å². The average molecular weight is 309 g/mol. The molecule has 1 aromatic carbocycles. The minimum absolute atomic E-state index is 0.0496. The van der Waals surface area contributed by atoms with Crippen LogP contribution in [-0.2, 0) is 10.0 Å². The van der Waals surface area contributed by atoms with E-state index in [1.54, 1.807) is 18.2 Å². The molecule has 0 aliphatic carbocycles. The van der Waals surface area contributed by atoms with Crippen molar-refractivity contribution in [2.75, 3.05) is 19.8 Å². The van der Waals surface area contributed by atoms with Gasteiger partial charge in [-0.3, -0.25) is 4.79 Å². The largest absolute Gasteiger partial charge is 0.396 e. The number of carbonyl (C=O) groups excluding carboxylic acids is 1. The number of nitrogens with zero attached hydrogens (tertiary/aromatic N) is 3. The molecule has 8 nitrogen and oxygen atoms in total. The van der Waals surface area contributed by atoms with Crippen LogP contribution < -0.4 is 11.5 Å². The third kappa shape index (κ3) is 2.60. The first-order valence-corrected chi connectivity index (χ1v) is 7.36. The van der Waals surface area contributed by atoms with E-state index < -0.39 is 15.9 Å². The van der Waals surface area contributed by atoms with Crippen molar-refractivity contribution in [3.8, 4) is 5.69 Å². The summed E-state index contributed by atoms with van der Waals surface area (Å²) in [5.74, 6) is -0.779. The molecule has 0 saturated carbocycles. The van der Waals surface area contributed by atoms with Crippen molar-refractivity contribution in [3.63, 3.8) is 0 Å². The number of hydrogen-bond acceptors (Lipinski definition) is 5. The smallest absolute Gasteiger partial charge is 0.271 e. The van der Waals surface area contributed by atoms with Crippen LogP contribution in [0.15, 0.2) is 35.4 Å². The Morgan fingerprint density at radius 1 is 1.29 bits per heavy atom. The van der Waals surface area contributed by atoms with Crippen LogP contribution in [0.4, 0.5) is 5.69 Å². The van der Waals surface area contributed by atoms with Gasteiger partial charge >= 0.3 is 0 Å². The van der Waals surface area contributed by atoms with Gasteiger partial charge in [0.1, 0.15) is 4.90 Å². The van der Waals surface area contributed by atoms with Gasteiger partial charge in [0.25, 0.3) is 5.91 Å². The fourth-order valence-electron chi connectivity index (χ4n) is 1.76. The molecule has 21 heavy (non-hydrogen) atoms. The van der Waals surface area contributed by atoms with Gasteiger partial charge in [-0.1, -0.05) is 12.1 Å². The van der Waals surface area contributed by atoms with Crippen LogP contribution in [0.3, 0.4) is 0 Å². The lowest BCUT2D eigenvalue weighted by molar-refractivity contribution is 0.0996. The van der Waals surface area contributed by atoms with E-state index in [2.05, 4.69) is 5.10 Å². The minimum atomic E-state index is -3.66. The zero-order valence-corrected chi connectivity index (χ0v) is 12.3. The third-order valence-corrected chi connectivity index (χ3v) is 4.71. The van der Waals surface area contributed by atoms with Crippen LogP contribution in [0, 0.1) is 0 Å². The molecule has 4 N–H and O–H groups in total. The number of aromatic nitrogens is 2. The lowest BCUT2D eigenvalue weighted by atomic mass is 10.3. The standard InChI is InChI=1S/C12H15N5O3S/c1-16(2)21(19,20)10-6-4-3-5-9(10)17-7-8(13)11(15-17)12(14)18/h3-7H,13H2,1-2H3,(H2,14,18). The van der Waals surface area contributed by atoms with E-state index in [4.69, 9.17) is 11.5 Å². The number of anilines is 1. The quantitative estimate of drug-likeness (QED) is 0.809. The van der Waals surface area contributed by atoms with E-state index in [1.165, 1.54) is 31.0 Å². The number of para-hydroxylation sites is 1. The van der Waals surface area contributed by atoms with Crippen LogP contribution >= 0.6 is 0 Å². The summed E-state index contributed by atoms with van der Waals surface area (Å²) in [7, 11) is -0.806. The molecule has 1 amide bonds. The van der Waals surface area contributed by atoms with Gasteiger partial charge < -0.3 is 11.5 Å². The van der Waals surface area contributed by atoms with Crippen LogP contribution in [0.2, 0.25) is 0 Å². The van der Waals surface area contributed by atoms with Crippen molar-refractivity contribution in [2.24, 2.45) is 5.73 Å². The third-order valence-electron chi connectivity index (χ3n) is 2.85. The van der Waals surface area contributed by atoms with E-state index >= 15 is 0 Å². The highest BCUT2D eigenvalue weighted by atomic mass is 32.2. The summed E-state index contributed by atoms with van der Waals surface area (Å²) in [6.07, 6.45) is 1.35. The summed E-state index contributed by atoms with van der Waals surface area (Å²) in [5.41, 5.74) is 11.1. The van der Waals surface area contributed by atoms with Crippen molar-refractivity contribution < 1.29 is 13.2 Å². The fourth-order valence-corrected chi connectivity index (χ4v) is 2.83. The van der Waals surface area contributed by atoms with E-state index in [-0.39, 0.29) is 22.0 Å².